The van der Waals surface area contributed by atoms with E-state index in [1.165, 1.54) is 16.8 Å². The molecule has 1 aromatic rings. The molecule has 3 aliphatic rings. The van der Waals surface area contributed by atoms with Crippen molar-refractivity contribution in [2.75, 3.05) is 13.2 Å². The van der Waals surface area contributed by atoms with Crippen LogP contribution in [0.1, 0.15) is 50.8 Å². The van der Waals surface area contributed by atoms with E-state index in [-0.39, 0.29) is 23.4 Å². The number of azide groups is 1. The predicted molar refractivity (Wildman–Crippen MR) is 105 cm³/mol. The molecule has 0 amide bonds. The van der Waals surface area contributed by atoms with Crippen molar-refractivity contribution in [3.63, 3.8) is 0 Å². The zero-order valence-electron chi connectivity index (χ0n) is 16.5. The molecular formula is C21H31N5O. The lowest BCUT2D eigenvalue weighted by Crippen LogP contribution is -2.52. The molecule has 0 aliphatic heterocycles. The fraction of sp³-hybridized carbons (Fsp3) is 0.762. The molecule has 6 atom stereocenters. The summed E-state index contributed by atoms with van der Waals surface area (Å²) in [5.41, 5.74) is 13.0. The Kier molecular flexibility index (Phi) is 4.59. The number of hydrogen-bond acceptors (Lipinski definition) is 3. The van der Waals surface area contributed by atoms with E-state index in [0.717, 1.165) is 38.5 Å². The van der Waals surface area contributed by atoms with E-state index in [4.69, 9.17) is 5.53 Å². The Balaban J connectivity index is 1.72. The molecule has 0 aromatic carbocycles. The van der Waals surface area contributed by atoms with Crippen molar-refractivity contribution in [2.24, 2.45) is 39.6 Å². The van der Waals surface area contributed by atoms with E-state index in [9.17, 15) is 5.11 Å². The number of nitrogens with zero attached hydrogens (tertiary/aromatic N) is 4. The van der Waals surface area contributed by atoms with Gasteiger partial charge >= 0.3 is 0 Å². The topological polar surface area (TPSA) is 97.7 Å². The molecule has 1 heterocycles. The van der Waals surface area contributed by atoms with E-state index in [1.54, 1.807) is 0 Å². The number of aromatic amines is 1. The van der Waals surface area contributed by atoms with Crippen molar-refractivity contribution >= 4 is 0 Å². The summed E-state index contributed by atoms with van der Waals surface area (Å²) in [6.45, 7) is 9.84. The molecule has 4 rings (SSSR count). The number of nitrogens with one attached hydrogen (secondary N) is 1. The monoisotopic (exact) mass is 369 g/mol. The minimum absolute atomic E-state index is 0.00742. The van der Waals surface area contributed by atoms with Crippen LogP contribution in [-0.4, -0.2) is 28.5 Å². The van der Waals surface area contributed by atoms with Gasteiger partial charge in [0.2, 0.25) is 0 Å². The van der Waals surface area contributed by atoms with Crippen LogP contribution in [-0.2, 0) is 12.8 Å². The van der Waals surface area contributed by atoms with Gasteiger partial charge in [-0.3, -0.25) is 5.10 Å². The van der Waals surface area contributed by atoms with Gasteiger partial charge in [-0.1, -0.05) is 31.1 Å². The number of allylic oxidation sites excluding steroid dienone is 1. The number of rotatable bonds is 4. The molecule has 6 nitrogen and oxygen atoms in total. The maximum absolute atomic E-state index is 10.2. The first-order chi connectivity index (χ1) is 12.9. The second kappa shape index (κ2) is 6.68. The van der Waals surface area contributed by atoms with Gasteiger partial charge in [0.25, 0.3) is 0 Å². The van der Waals surface area contributed by atoms with Crippen LogP contribution in [0.3, 0.4) is 0 Å². The van der Waals surface area contributed by atoms with Gasteiger partial charge in [-0.25, -0.2) is 0 Å². The van der Waals surface area contributed by atoms with Gasteiger partial charge in [-0.15, -0.1) is 0 Å². The second-order valence-electron chi connectivity index (χ2n) is 9.53. The molecule has 2 saturated carbocycles. The zero-order chi connectivity index (χ0) is 19.2. The molecule has 27 heavy (non-hydrogen) atoms. The third kappa shape index (κ3) is 2.73. The number of H-pyrrole nitrogens is 1. The summed E-state index contributed by atoms with van der Waals surface area (Å²) in [4.78, 5) is 3.09. The van der Waals surface area contributed by atoms with E-state index in [2.05, 4.69) is 40.6 Å². The van der Waals surface area contributed by atoms with Gasteiger partial charge in [0.15, 0.2) is 0 Å². The highest BCUT2D eigenvalue weighted by Crippen LogP contribution is 2.63. The highest BCUT2D eigenvalue weighted by atomic mass is 16.3. The Morgan fingerprint density at radius 1 is 1.41 bits per heavy atom. The number of aliphatic hydroxyl groups excluding tert-OH is 1. The van der Waals surface area contributed by atoms with Crippen molar-refractivity contribution in [1.29, 1.82) is 0 Å². The number of aromatic nitrogens is 2. The van der Waals surface area contributed by atoms with Gasteiger partial charge in [-0.2, -0.15) is 5.10 Å². The van der Waals surface area contributed by atoms with E-state index >= 15 is 0 Å². The molecule has 3 aliphatic carbocycles. The van der Waals surface area contributed by atoms with Crippen molar-refractivity contribution in [3.05, 3.63) is 40.0 Å². The lowest BCUT2D eigenvalue weighted by Gasteiger charge is -2.55. The summed E-state index contributed by atoms with van der Waals surface area (Å²) in [6.07, 6.45) is 8.24. The Labute approximate surface area is 161 Å². The highest BCUT2D eigenvalue weighted by molar-refractivity contribution is 5.26. The summed E-state index contributed by atoms with van der Waals surface area (Å²) in [5.74, 6) is 1.52. The number of fused-ring (bicyclic) bond motifs is 2. The maximum Gasteiger partial charge on any atom is 0.0522 e. The largest absolute Gasteiger partial charge is 0.396 e. The first-order valence-electron chi connectivity index (χ1n) is 10.2. The molecule has 2 fully saturated rings. The predicted octanol–water partition coefficient (Wildman–Crippen LogP) is 4.43. The van der Waals surface area contributed by atoms with Gasteiger partial charge in [-0.05, 0) is 84.1 Å². The SMILES string of the molecule is C=C1CC[C@H]2[C@H](CN=[N+]=[N-])[C@@H]([C@@]3(C)Cc4cn[nH]c4C[C@@H]3CO)CC[C@]12C. The Morgan fingerprint density at radius 2 is 2.22 bits per heavy atom. The molecule has 0 bridgehead atoms. The number of hydrogen-bond donors (Lipinski definition) is 2. The lowest BCUT2D eigenvalue weighted by molar-refractivity contribution is -0.0535. The summed E-state index contributed by atoms with van der Waals surface area (Å²) in [7, 11) is 0. The first kappa shape index (κ1) is 18.6. The second-order valence-corrected chi connectivity index (χ2v) is 9.53. The van der Waals surface area contributed by atoms with Crippen molar-refractivity contribution < 1.29 is 5.11 Å². The van der Waals surface area contributed by atoms with Crippen LogP contribution in [0.4, 0.5) is 0 Å². The Bertz CT molecular complexity index is 781. The lowest BCUT2D eigenvalue weighted by atomic mass is 9.49. The van der Waals surface area contributed by atoms with Gasteiger partial charge in [0.1, 0.15) is 0 Å². The summed E-state index contributed by atoms with van der Waals surface area (Å²) in [5, 5.41) is 21.6. The molecule has 0 spiro atoms. The smallest absolute Gasteiger partial charge is 0.0522 e. The number of aliphatic hydroxyl groups is 1. The van der Waals surface area contributed by atoms with Crippen molar-refractivity contribution in [1.82, 2.24) is 10.2 Å². The van der Waals surface area contributed by atoms with Crippen LogP contribution in [0.15, 0.2) is 23.5 Å². The summed E-state index contributed by atoms with van der Waals surface area (Å²) < 4.78 is 0. The fourth-order valence-electron chi connectivity index (χ4n) is 6.81. The Hall–Kier alpha value is -1.78. The minimum atomic E-state index is -0.00742. The average Bonchev–Trinajstić information content (AvgIpc) is 3.22. The van der Waals surface area contributed by atoms with Gasteiger partial charge in [0.05, 0.1) is 6.20 Å². The molecule has 146 valence electrons. The minimum Gasteiger partial charge on any atom is -0.396 e. The van der Waals surface area contributed by atoms with Crippen LogP contribution < -0.4 is 0 Å². The van der Waals surface area contributed by atoms with E-state index < -0.39 is 0 Å². The van der Waals surface area contributed by atoms with Gasteiger partial charge < -0.3 is 5.11 Å². The Morgan fingerprint density at radius 3 is 2.96 bits per heavy atom. The van der Waals surface area contributed by atoms with E-state index in [0.29, 0.717) is 24.3 Å². The average molecular weight is 370 g/mol. The highest BCUT2D eigenvalue weighted by Gasteiger charge is 2.56. The third-order valence-corrected chi connectivity index (χ3v) is 8.58. The van der Waals surface area contributed by atoms with E-state index in [1.807, 2.05) is 6.20 Å². The molecule has 0 saturated heterocycles. The molecule has 6 heteroatoms. The van der Waals surface area contributed by atoms with Crippen LogP contribution in [0, 0.1) is 34.5 Å². The quantitative estimate of drug-likeness (QED) is 0.355. The van der Waals surface area contributed by atoms with Crippen LogP contribution in [0.2, 0.25) is 0 Å². The molecule has 2 N–H and O–H groups in total. The van der Waals surface area contributed by atoms with Crippen LogP contribution >= 0.6 is 0 Å². The van der Waals surface area contributed by atoms with Gasteiger partial charge in [0, 0.05) is 23.8 Å². The standard InChI is InChI=1S/C21H31N5O/c1-13-4-5-17-16(11-24-26-22)18(6-7-20(13,17)2)21(3)9-14-10-23-25-19(14)8-15(21)12-27/h10,15-18,27H,1,4-9,11-12H2,2-3H3,(H,23,25)/t15-,16+,17+,18+,20-,21+/m1/s1. The first-order valence-corrected chi connectivity index (χ1v) is 10.2. The van der Waals surface area contributed by atoms with Crippen molar-refractivity contribution in [2.45, 2.75) is 52.4 Å². The van der Waals surface area contributed by atoms with Crippen LogP contribution in [0.25, 0.3) is 10.4 Å². The summed E-state index contributed by atoms with van der Waals surface area (Å²) in [6, 6.07) is 0. The normalized spacial score (nSPS) is 40.9. The van der Waals surface area contributed by atoms with Crippen LogP contribution in [0.5, 0.6) is 0 Å². The molecule has 0 radical (unpaired) electrons. The molecular weight excluding hydrogens is 338 g/mol. The zero-order valence-corrected chi connectivity index (χ0v) is 16.5. The molecule has 1 aromatic heterocycles. The third-order valence-electron chi connectivity index (χ3n) is 8.58. The fourth-order valence-corrected chi connectivity index (χ4v) is 6.81. The van der Waals surface area contributed by atoms with Crippen molar-refractivity contribution in [3.8, 4) is 0 Å². The maximum atomic E-state index is 10.2. The molecule has 0 unspecified atom stereocenters. The summed E-state index contributed by atoms with van der Waals surface area (Å²) >= 11 is 0.